The van der Waals surface area contributed by atoms with E-state index in [4.69, 9.17) is 26.2 Å². The smallest absolute Gasteiger partial charge is 0.337 e. The van der Waals surface area contributed by atoms with Crippen LogP contribution < -0.4 is 4.74 Å². The van der Waals surface area contributed by atoms with Crippen LogP contribution in [0.1, 0.15) is 30.6 Å². The number of ether oxygens (including phenoxy) is 2. The minimum Gasteiger partial charge on any atom is -0.478 e. The molecule has 0 radical (unpaired) electrons. The van der Waals surface area contributed by atoms with Crippen LogP contribution in [0.5, 0.6) is 5.88 Å². The Morgan fingerprint density at radius 1 is 1.56 bits per heavy atom. The number of halogens is 1. The predicted octanol–water partition coefficient (Wildman–Crippen LogP) is 2.63. The summed E-state index contributed by atoms with van der Waals surface area (Å²) in [6.07, 6.45) is 1.99. The molecule has 0 aliphatic rings. The number of nitrogens with zero attached hydrogens (tertiary/aromatic N) is 1. The third-order valence-electron chi connectivity index (χ3n) is 2.58. The van der Waals surface area contributed by atoms with Crippen molar-refractivity contribution < 1.29 is 19.4 Å². The van der Waals surface area contributed by atoms with Crippen LogP contribution in [-0.2, 0) is 4.74 Å². The van der Waals surface area contributed by atoms with E-state index in [0.717, 1.165) is 0 Å². The summed E-state index contributed by atoms with van der Waals surface area (Å²) >= 11 is 5.89. The molecule has 1 N–H and O–H groups in total. The summed E-state index contributed by atoms with van der Waals surface area (Å²) in [6, 6.07) is 1.33. The number of pyridine rings is 1. The van der Waals surface area contributed by atoms with Gasteiger partial charge in [-0.1, -0.05) is 11.6 Å². The van der Waals surface area contributed by atoms with Crippen LogP contribution in [0.25, 0.3) is 0 Å². The maximum Gasteiger partial charge on any atom is 0.337 e. The van der Waals surface area contributed by atoms with E-state index in [9.17, 15) is 4.79 Å². The predicted molar refractivity (Wildman–Crippen MR) is 67.4 cm³/mol. The monoisotopic (exact) mass is 273 g/mol. The van der Waals surface area contributed by atoms with E-state index < -0.39 is 5.97 Å². The second-order valence-corrected chi connectivity index (χ2v) is 4.72. The fourth-order valence-corrected chi connectivity index (χ4v) is 1.43. The topological polar surface area (TPSA) is 68.7 Å². The highest BCUT2D eigenvalue weighted by Crippen LogP contribution is 2.26. The first-order chi connectivity index (χ1) is 8.37. The van der Waals surface area contributed by atoms with Gasteiger partial charge in [0.25, 0.3) is 0 Å². The molecule has 0 aliphatic carbocycles. The Bertz CT molecular complexity index is 434. The highest BCUT2D eigenvalue weighted by Gasteiger charge is 2.18. The number of aromatic nitrogens is 1. The van der Waals surface area contributed by atoms with Crippen molar-refractivity contribution in [3.05, 3.63) is 22.8 Å². The van der Waals surface area contributed by atoms with Crippen molar-refractivity contribution in [2.75, 3.05) is 13.7 Å². The molecule has 0 atom stereocenters. The fourth-order valence-electron chi connectivity index (χ4n) is 1.19. The van der Waals surface area contributed by atoms with Gasteiger partial charge < -0.3 is 14.6 Å². The summed E-state index contributed by atoms with van der Waals surface area (Å²) in [5.74, 6) is -0.979. The van der Waals surface area contributed by atoms with Crippen molar-refractivity contribution in [3.8, 4) is 5.88 Å². The second-order valence-electron chi connectivity index (χ2n) is 4.35. The van der Waals surface area contributed by atoms with Crippen LogP contribution in [0.15, 0.2) is 12.3 Å². The molecule has 1 aromatic heterocycles. The van der Waals surface area contributed by atoms with Crippen molar-refractivity contribution in [1.82, 2.24) is 4.98 Å². The molecule has 0 aromatic carbocycles. The molecule has 0 aliphatic heterocycles. The zero-order valence-corrected chi connectivity index (χ0v) is 11.3. The summed E-state index contributed by atoms with van der Waals surface area (Å²) in [6.45, 7) is 4.20. The third kappa shape index (κ3) is 3.85. The number of carboxylic acids is 1. The van der Waals surface area contributed by atoms with Crippen LogP contribution in [0.4, 0.5) is 0 Å². The largest absolute Gasteiger partial charge is 0.478 e. The number of carboxylic acid groups (broad SMARTS) is 1. The first-order valence-electron chi connectivity index (χ1n) is 5.43. The Labute approximate surface area is 111 Å². The van der Waals surface area contributed by atoms with Crippen LogP contribution in [0.2, 0.25) is 5.02 Å². The van der Waals surface area contributed by atoms with Crippen molar-refractivity contribution in [2.24, 2.45) is 0 Å². The van der Waals surface area contributed by atoms with Crippen LogP contribution >= 0.6 is 11.6 Å². The highest BCUT2D eigenvalue weighted by molar-refractivity contribution is 6.34. The Kier molecular flexibility index (Phi) is 4.93. The lowest BCUT2D eigenvalue weighted by atomic mass is 10.1. The summed E-state index contributed by atoms with van der Waals surface area (Å²) in [4.78, 5) is 14.8. The Morgan fingerprint density at radius 2 is 2.22 bits per heavy atom. The molecule has 6 heteroatoms. The van der Waals surface area contributed by atoms with Crippen molar-refractivity contribution >= 4 is 17.6 Å². The second kappa shape index (κ2) is 6.02. The number of methoxy groups -OCH3 is 1. The van der Waals surface area contributed by atoms with Gasteiger partial charge in [0.05, 0.1) is 17.8 Å². The van der Waals surface area contributed by atoms with Gasteiger partial charge in [-0.2, -0.15) is 0 Å². The molecule has 0 fully saturated rings. The zero-order valence-electron chi connectivity index (χ0n) is 10.6. The average Bonchev–Trinajstić information content (AvgIpc) is 2.31. The fraction of sp³-hybridized carbons (Fsp3) is 0.500. The van der Waals surface area contributed by atoms with Crippen LogP contribution in [0, 0.1) is 0 Å². The molecule has 0 spiro atoms. The quantitative estimate of drug-likeness (QED) is 0.863. The minimum atomic E-state index is -1.11. The Hall–Kier alpha value is -1.33. The first-order valence-corrected chi connectivity index (χ1v) is 5.81. The van der Waals surface area contributed by atoms with Crippen LogP contribution in [-0.4, -0.2) is 35.4 Å². The lowest BCUT2D eigenvalue weighted by molar-refractivity contribution is 0.00506. The number of rotatable bonds is 6. The Morgan fingerprint density at radius 3 is 2.78 bits per heavy atom. The molecule has 100 valence electrons. The summed E-state index contributed by atoms with van der Waals surface area (Å²) in [5, 5.41) is 8.91. The number of hydrogen-bond donors (Lipinski definition) is 1. The number of hydrogen-bond acceptors (Lipinski definition) is 4. The lowest BCUT2D eigenvalue weighted by Crippen LogP contribution is -2.25. The molecule has 1 rings (SSSR count). The lowest BCUT2D eigenvalue weighted by Gasteiger charge is -2.22. The molecule has 0 unspecified atom stereocenters. The van der Waals surface area contributed by atoms with Gasteiger partial charge >= 0.3 is 5.97 Å². The van der Waals surface area contributed by atoms with E-state index in [2.05, 4.69) is 4.98 Å². The molecule has 0 amide bonds. The van der Waals surface area contributed by atoms with Gasteiger partial charge in [-0.3, -0.25) is 0 Å². The third-order valence-corrected chi connectivity index (χ3v) is 2.95. The molecule has 1 aromatic rings. The van der Waals surface area contributed by atoms with Crippen molar-refractivity contribution in [2.45, 2.75) is 25.9 Å². The average molecular weight is 274 g/mol. The van der Waals surface area contributed by atoms with E-state index >= 15 is 0 Å². The molecule has 0 bridgehead atoms. The van der Waals surface area contributed by atoms with Crippen molar-refractivity contribution in [3.63, 3.8) is 0 Å². The first kappa shape index (κ1) is 14.7. The molecular weight excluding hydrogens is 258 g/mol. The molecule has 5 nitrogen and oxygen atoms in total. The summed E-state index contributed by atoms with van der Waals surface area (Å²) in [7, 11) is 1.62. The van der Waals surface area contributed by atoms with E-state index in [0.29, 0.717) is 13.0 Å². The summed E-state index contributed by atoms with van der Waals surface area (Å²) < 4.78 is 10.6. The normalized spacial score (nSPS) is 11.3. The summed E-state index contributed by atoms with van der Waals surface area (Å²) in [5.41, 5.74) is -0.329. The highest BCUT2D eigenvalue weighted by atomic mass is 35.5. The minimum absolute atomic E-state index is 0.0141. The van der Waals surface area contributed by atoms with Gasteiger partial charge in [-0.25, -0.2) is 9.78 Å². The van der Waals surface area contributed by atoms with Crippen molar-refractivity contribution in [1.29, 1.82) is 0 Å². The van der Waals surface area contributed by atoms with E-state index in [1.165, 1.54) is 12.3 Å². The number of aromatic carboxylic acids is 1. The maximum absolute atomic E-state index is 10.9. The molecule has 0 saturated carbocycles. The maximum atomic E-state index is 10.9. The molecule has 0 saturated heterocycles. The van der Waals surface area contributed by atoms with Gasteiger partial charge in [-0.05, 0) is 19.9 Å². The van der Waals surface area contributed by atoms with Gasteiger partial charge in [0.15, 0.2) is 0 Å². The van der Waals surface area contributed by atoms with Gasteiger partial charge in [-0.15, -0.1) is 0 Å². The van der Waals surface area contributed by atoms with E-state index in [1.54, 1.807) is 7.11 Å². The molecule has 18 heavy (non-hydrogen) atoms. The van der Waals surface area contributed by atoms with Gasteiger partial charge in [0, 0.05) is 19.7 Å². The number of carbonyl (C=O) groups is 1. The molecule has 1 heterocycles. The van der Waals surface area contributed by atoms with E-state index in [1.807, 2.05) is 13.8 Å². The Balaban J connectivity index is 2.69. The zero-order chi connectivity index (χ0) is 13.8. The SMILES string of the molecule is COC(C)(C)CCOc1nccc(C(=O)O)c1Cl. The molecular formula is C12H16ClNO4. The van der Waals surface area contributed by atoms with E-state index in [-0.39, 0.29) is 22.1 Å². The van der Waals surface area contributed by atoms with Gasteiger partial charge in [0.1, 0.15) is 5.02 Å². The van der Waals surface area contributed by atoms with Gasteiger partial charge in [0.2, 0.25) is 5.88 Å². The van der Waals surface area contributed by atoms with Crippen LogP contribution in [0.3, 0.4) is 0 Å². The standard InChI is InChI=1S/C12H16ClNO4/c1-12(2,17-3)5-7-18-10-9(13)8(11(15)16)4-6-14-10/h4,6H,5,7H2,1-3H3,(H,15,16).